The quantitative estimate of drug-likeness (QED) is 0.677. The Kier molecular flexibility index (Phi) is 6.69. The Hall–Kier alpha value is -1.52. The number of hydrogen-bond acceptors (Lipinski definition) is 2. The van der Waals surface area contributed by atoms with Gasteiger partial charge < -0.3 is 10.1 Å². The normalized spacial score (nSPS) is 10.5. The molecule has 0 radical (unpaired) electrons. The number of carbonyl (C=O) groups excluding carboxylic acids is 1. The summed E-state index contributed by atoms with van der Waals surface area (Å²) in [6.07, 6.45) is 1.73. The zero-order valence-electron chi connectivity index (χ0n) is 14.1. The van der Waals surface area contributed by atoms with Crippen molar-refractivity contribution in [1.82, 2.24) is 0 Å². The van der Waals surface area contributed by atoms with Crippen LogP contribution in [0.3, 0.4) is 0 Å². The first kappa shape index (κ1) is 18.8. The second-order valence-corrected chi connectivity index (χ2v) is 6.85. The van der Waals surface area contributed by atoms with E-state index in [1.165, 1.54) is 0 Å². The highest BCUT2D eigenvalue weighted by molar-refractivity contribution is 9.10. The van der Waals surface area contributed by atoms with Crippen molar-refractivity contribution in [3.63, 3.8) is 0 Å². The fourth-order valence-electron chi connectivity index (χ4n) is 2.59. The zero-order chi connectivity index (χ0) is 17.7. The molecule has 0 atom stereocenters. The van der Waals surface area contributed by atoms with Gasteiger partial charge in [0.1, 0.15) is 5.75 Å². The van der Waals surface area contributed by atoms with Crippen molar-refractivity contribution in [3.05, 3.63) is 56.5 Å². The van der Waals surface area contributed by atoms with Crippen molar-refractivity contribution >= 4 is 39.1 Å². The highest BCUT2D eigenvalue weighted by atomic mass is 79.9. The van der Waals surface area contributed by atoms with Gasteiger partial charge in [-0.1, -0.05) is 59.6 Å². The molecule has 0 saturated carbocycles. The highest BCUT2D eigenvalue weighted by Crippen LogP contribution is 2.32. The number of halogens is 2. The molecule has 128 valence electrons. The molecule has 2 rings (SSSR count). The summed E-state index contributed by atoms with van der Waals surface area (Å²) in [5.41, 5.74) is 4.03. The number of nitrogens with one attached hydrogen (secondary N) is 1. The molecule has 1 N–H and O–H groups in total. The van der Waals surface area contributed by atoms with Gasteiger partial charge in [0.25, 0.3) is 5.91 Å². The maximum atomic E-state index is 12.3. The number of para-hydroxylation sites is 1. The number of hydrogen-bond donors (Lipinski definition) is 1. The molecule has 0 aliphatic carbocycles. The van der Waals surface area contributed by atoms with Gasteiger partial charge in [-0.15, -0.1) is 0 Å². The van der Waals surface area contributed by atoms with Gasteiger partial charge in [-0.05, 0) is 48.6 Å². The van der Waals surface area contributed by atoms with Crippen molar-refractivity contribution in [1.29, 1.82) is 0 Å². The molecule has 0 unspecified atom stereocenters. The Bertz CT molecular complexity index is 701. The lowest BCUT2D eigenvalue weighted by Gasteiger charge is -2.15. The van der Waals surface area contributed by atoms with Gasteiger partial charge in [0.2, 0.25) is 0 Å². The molecule has 0 heterocycles. The van der Waals surface area contributed by atoms with Crippen LogP contribution in [0.15, 0.2) is 34.8 Å². The number of aryl methyl sites for hydroxylation is 3. The molecule has 2 aromatic rings. The van der Waals surface area contributed by atoms with E-state index in [2.05, 4.69) is 35.1 Å². The average molecular weight is 411 g/mol. The van der Waals surface area contributed by atoms with Crippen LogP contribution in [0, 0.1) is 6.92 Å². The lowest BCUT2D eigenvalue weighted by molar-refractivity contribution is -0.118. The minimum atomic E-state index is -0.191. The minimum Gasteiger partial charge on any atom is -0.482 e. The van der Waals surface area contributed by atoms with Gasteiger partial charge in [-0.25, -0.2) is 0 Å². The molecule has 3 nitrogen and oxygen atoms in total. The van der Waals surface area contributed by atoms with Crippen LogP contribution in [-0.4, -0.2) is 12.5 Å². The van der Waals surface area contributed by atoms with Gasteiger partial charge in [0.05, 0.1) is 5.02 Å². The van der Waals surface area contributed by atoms with Gasteiger partial charge in [0, 0.05) is 10.2 Å². The summed E-state index contributed by atoms with van der Waals surface area (Å²) >= 11 is 9.57. The third-order valence-electron chi connectivity index (χ3n) is 3.80. The molecule has 0 saturated heterocycles. The third kappa shape index (κ3) is 4.52. The molecule has 0 fully saturated rings. The molecule has 5 heteroatoms. The largest absolute Gasteiger partial charge is 0.482 e. The van der Waals surface area contributed by atoms with Crippen molar-refractivity contribution in [3.8, 4) is 5.75 Å². The van der Waals surface area contributed by atoms with Crippen LogP contribution in [0.25, 0.3) is 0 Å². The molecule has 1 amide bonds. The first-order chi connectivity index (χ1) is 11.5. The Labute approximate surface area is 156 Å². The molecule has 0 spiro atoms. The third-order valence-corrected chi connectivity index (χ3v) is 4.54. The van der Waals surface area contributed by atoms with Crippen LogP contribution in [0.1, 0.15) is 30.5 Å². The van der Waals surface area contributed by atoms with Gasteiger partial charge in [-0.3, -0.25) is 4.79 Å². The van der Waals surface area contributed by atoms with Crippen molar-refractivity contribution in [2.24, 2.45) is 0 Å². The van der Waals surface area contributed by atoms with Gasteiger partial charge in [-0.2, -0.15) is 0 Å². The summed E-state index contributed by atoms with van der Waals surface area (Å²) in [6, 6.07) is 9.75. The monoisotopic (exact) mass is 409 g/mol. The summed E-state index contributed by atoms with van der Waals surface area (Å²) < 4.78 is 6.52. The van der Waals surface area contributed by atoms with Crippen molar-refractivity contribution in [2.75, 3.05) is 11.9 Å². The van der Waals surface area contributed by atoms with E-state index in [0.29, 0.717) is 10.8 Å². The zero-order valence-corrected chi connectivity index (χ0v) is 16.4. The van der Waals surface area contributed by atoms with Crippen LogP contribution in [-0.2, 0) is 17.6 Å². The summed E-state index contributed by atoms with van der Waals surface area (Å²) in [5, 5.41) is 3.47. The van der Waals surface area contributed by atoms with E-state index in [9.17, 15) is 4.79 Å². The van der Waals surface area contributed by atoms with E-state index in [0.717, 1.165) is 39.7 Å². The average Bonchev–Trinajstić information content (AvgIpc) is 2.54. The highest BCUT2D eigenvalue weighted by Gasteiger charge is 2.13. The summed E-state index contributed by atoms with van der Waals surface area (Å²) in [4.78, 5) is 12.3. The molecule has 0 bridgehead atoms. The summed E-state index contributed by atoms with van der Waals surface area (Å²) in [7, 11) is 0. The fraction of sp³-hybridized carbons (Fsp3) is 0.316. The molecule has 0 aromatic heterocycles. The van der Waals surface area contributed by atoms with E-state index < -0.39 is 0 Å². The number of ether oxygens (including phenoxy) is 1. The maximum absolute atomic E-state index is 12.3. The number of anilines is 1. The van der Waals surface area contributed by atoms with Crippen LogP contribution in [0.5, 0.6) is 5.75 Å². The van der Waals surface area contributed by atoms with E-state index in [1.807, 2.05) is 31.2 Å². The molecular formula is C19H21BrClNO2. The molecule has 0 aliphatic heterocycles. The second-order valence-electron chi connectivity index (χ2n) is 5.53. The van der Waals surface area contributed by atoms with Crippen LogP contribution in [0.2, 0.25) is 5.02 Å². The smallest absolute Gasteiger partial charge is 0.262 e. The summed E-state index contributed by atoms with van der Waals surface area (Å²) in [6.45, 7) is 5.96. The van der Waals surface area contributed by atoms with E-state index in [-0.39, 0.29) is 12.5 Å². The number of carbonyl (C=O) groups is 1. The van der Waals surface area contributed by atoms with Gasteiger partial charge in [0.15, 0.2) is 6.61 Å². The topological polar surface area (TPSA) is 38.3 Å². The lowest BCUT2D eigenvalue weighted by atomic mass is 10.0. The van der Waals surface area contributed by atoms with Crippen LogP contribution < -0.4 is 10.1 Å². The minimum absolute atomic E-state index is 0.0800. The molecule has 2 aromatic carbocycles. The molecular weight excluding hydrogens is 390 g/mol. The number of amides is 1. The van der Waals surface area contributed by atoms with Crippen LogP contribution in [0.4, 0.5) is 5.69 Å². The predicted molar refractivity (Wildman–Crippen MR) is 103 cm³/mol. The number of rotatable bonds is 6. The fourth-order valence-corrected chi connectivity index (χ4v) is 3.61. The summed E-state index contributed by atoms with van der Waals surface area (Å²) in [5.74, 6) is 0.346. The maximum Gasteiger partial charge on any atom is 0.262 e. The van der Waals surface area contributed by atoms with E-state index >= 15 is 0 Å². The Balaban J connectivity index is 2.10. The molecule has 24 heavy (non-hydrogen) atoms. The van der Waals surface area contributed by atoms with E-state index in [1.54, 1.807) is 6.07 Å². The Morgan fingerprint density at radius 3 is 2.38 bits per heavy atom. The van der Waals surface area contributed by atoms with Crippen molar-refractivity contribution in [2.45, 2.75) is 33.6 Å². The number of benzene rings is 2. The SMILES string of the molecule is CCc1cccc(CC)c1NC(=O)COc1c(C)cc(Br)cc1Cl. The van der Waals surface area contributed by atoms with Crippen LogP contribution >= 0.6 is 27.5 Å². The first-order valence-electron chi connectivity index (χ1n) is 7.95. The Morgan fingerprint density at radius 1 is 1.21 bits per heavy atom. The van der Waals surface area contributed by atoms with Crippen molar-refractivity contribution < 1.29 is 9.53 Å². The van der Waals surface area contributed by atoms with Gasteiger partial charge >= 0.3 is 0 Å². The van der Waals surface area contributed by atoms with E-state index in [4.69, 9.17) is 16.3 Å². The first-order valence-corrected chi connectivity index (χ1v) is 9.12. The second kappa shape index (κ2) is 8.54. The Morgan fingerprint density at radius 2 is 1.83 bits per heavy atom. The standard InChI is InChI=1S/C19H21BrClNO2/c1-4-13-7-6-8-14(5-2)18(13)22-17(23)11-24-19-12(3)9-15(20)10-16(19)21/h6-10H,4-5,11H2,1-3H3,(H,22,23). The predicted octanol–water partition coefficient (Wildman–Crippen LogP) is 5.55. The molecule has 0 aliphatic rings. The lowest BCUT2D eigenvalue weighted by Crippen LogP contribution is -2.22.